The lowest BCUT2D eigenvalue weighted by atomic mass is 10.1. The summed E-state index contributed by atoms with van der Waals surface area (Å²) < 4.78 is 13.2. The van der Waals surface area contributed by atoms with E-state index in [4.69, 9.17) is 11.6 Å². The first kappa shape index (κ1) is 16.9. The summed E-state index contributed by atoms with van der Waals surface area (Å²) in [5.74, 6) is -0.590. The van der Waals surface area contributed by atoms with Gasteiger partial charge in [-0.1, -0.05) is 23.7 Å². The van der Waals surface area contributed by atoms with Crippen LogP contribution in [-0.4, -0.2) is 10.9 Å². The number of carbonyl (C=O) groups excluding carboxylic acids is 1. The first-order valence-electron chi connectivity index (χ1n) is 7.56. The van der Waals surface area contributed by atoms with Crippen LogP contribution in [0.15, 0.2) is 60.9 Å². The second kappa shape index (κ2) is 7.32. The zero-order chi connectivity index (χ0) is 17.8. The zero-order valence-corrected chi connectivity index (χ0v) is 14.1. The lowest BCUT2D eigenvalue weighted by molar-refractivity contribution is -0.114. The minimum atomic E-state index is -0.464. The van der Waals surface area contributed by atoms with Crippen molar-refractivity contribution in [1.29, 1.82) is 0 Å². The van der Waals surface area contributed by atoms with Gasteiger partial charge in [-0.15, -0.1) is 0 Å². The number of benzene rings is 2. The van der Waals surface area contributed by atoms with E-state index in [-0.39, 0.29) is 10.9 Å². The van der Waals surface area contributed by atoms with E-state index in [0.717, 1.165) is 16.8 Å². The number of anilines is 3. The molecule has 4 nitrogen and oxygen atoms in total. The van der Waals surface area contributed by atoms with E-state index in [0.29, 0.717) is 11.4 Å². The molecule has 0 atom stereocenters. The molecule has 0 aliphatic heterocycles. The number of carbonyl (C=O) groups is 1. The van der Waals surface area contributed by atoms with Crippen LogP contribution in [0.3, 0.4) is 0 Å². The number of aromatic nitrogens is 1. The molecule has 2 aromatic carbocycles. The van der Waals surface area contributed by atoms with Gasteiger partial charge in [0, 0.05) is 30.1 Å². The summed E-state index contributed by atoms with van der Waals surface area (Å²) in [7, 11) is 0. The first-order valence-corrected chi connectivity index (χ1v) is 7.94. The molecule has 0 spiro atoms. The maximum Gasteiger partial charge on any atom is 0.221 e. The SMILES string of the molecule is CC(=O)Nc1cccc(-c2cncc(Nc3ccc(F)c(Cl)c3)c2)c1. The molecule has 0 bridgehead atoms. The molecule has 126 valence electrons. The highest BCUT2D eigenvalue weighted by Gasteiger charge is 2.05. The van der Waals surface area contributed by atoms with Gasteiger partial charge in [0.1, 0.15) is 5.82 Å². The van der Waals surface area contributed by atoms with E-state index in [1.54, 1.807) is 18.5 Å². The van der Waals surface area contributed by atoms with Crippen LogP contribution in [0.4, 0.5) is 21.5 Å². The van der Waals surface area contributed by atoms with Gasteiger partial charge in [0.15, 0.2) is 0 Å². The van der Waals surface area contributed by atoms with Crippen molar-refractivity contribution in [1.82, 2.24) is 4.98 Å². The van der Waals surface area contributed by atoms with Crippen LogP contribution >= 0.6 is 11.6 Å². The molecular weight excluding hydrogens is 341 g/mol. The summed E-state index contributed by atoms with van der Waals surface area (Å²) in [6.07, 6.45) is 3.40. The van der Waals surface area contributed by atoms with Crippen LogP contribution < -0.4 is 10.6 Å². The van der Waals surface area contributed by atoms with Gasteiger partial charge in [-0.3, -0.25) is 9.78 Å². The van der Waals surface area contributed by atoms with Crippen molar-refractivity contribution in [2.24, 2.45) is 0 Å². The summed E-state index contributed by atoms with van der Waals surface area (Å²) in [6, 6.07) is 13.8. The summed E-state index contributed by atoms with van der Waals surface area (Å²) >= 11 is 5.80. The summed E-state index contributed by atoms with van der Waals surface area (Å²) in [5.41, 5.74) is 3.92. The second-order valence-electron chi connectivity index (χ2n) is 5.48. The molecule has 6 heteroatoms. The Hall–Kier alpha value is -2.92. The third-order valence-electron chi connectivity index (χ3n) is 3.46. The highest BCUT2D eigenvalue weighted by molar-refractivity contribution is 6.31. The molecule has 0 fully saturated rings. The maximum absolute atomic E-state index is 13.2. The van der Waals surface area contributed by atoms with E-state index in [1.165, 1.54) is 19.1 Å². The predicted molar refractivity (Wildman–Crippen MR) is 98.7 cm³/mol. The quantitative estimate of drug-likeness (QED) is 0.672. The average Bonchev–Trinajstić information content (AvgIpc) is 2.58. The molecule has 0 saturated carbocycles. The van der Waals surface area contributed by atoms with Gasteiger partial charge >= 0.3 is 0 Å². The molecule has 0 aliphatic carbocycles. The molecule has 2 N–H and O–H groups in total. The molecule has 0 aliphatic rings. The smallest absolute Gasteiger partial charge is 0.221 e. The number of hydrogen-bond donors (Lipinski definition) is 2. The Balaban J connectivity index is 1.86. The number of pyridine rings is 1. The Kier molecular flexibility index (Phi) is 4.95. The summed E-state index contributed by atoms with van der Waals surface area (Å²) in [4.78, 5) is 15.4. The van der Waals surface area contributed by atoms with Crippen molar-refractivity contribution in [3.8, 4) is 11.1 Å². The number of halogens is 2. The van der Waals surface area contributed by atoms with Crippen molar-refractivity contribution < 1.29 is 9.18 Å². The average molecular weight is 356 g/mol. The number of rotatable bonds is 4. The maximum atomic E-state index is 13.2. The Morgan fingerprint density at radius 3 is 2.56 bits per heavy atom. The fourth-order valence-electron chi connectivity index (χ4n) is 2.39. The van der Waals surface area contributed by atoms with Gasteiger partial charge in [-0.2, -0.15) is 0 Å². The van der Waals surface area contributed by atoms with E-state index in [2.05, 4.69) is 15.6 Å². The van der Waals surface area contributed by atoms with E-state index in [1.807, 2.05) is 30.3 Å². The zero-order valence-electron chi connectivity index (χ0n) is 13.4. The van der Waals surface area contributed by atoms with Gasteiger partial charge in [0.05, 0.1) is 16.9 Å². The van der Waals surface area contributed by atoms with Gasteiger partial charge in [0.25, 0.3) is 0 Å². The normalized spacial score (nSPS) is 10.4. The molecule has 25 heavy (non-hydrogen) atoms. The number of nitrogens with zero attached hydrogens (tertiary/aromatic N) is 1. The standard InChI is InChI=1S/C19H15ClFN3O/c1-12(25)23-15-4-2-3-13(7-15)14-8-17(11-22-10-14)24-16-5-6-19(21)18(20)9-16/h2-11,24H,1H3,(H,23,25). The van der Waals surface area contributed by atoms with Gasteiger partial charge in [-0.05, 0) is 42.0 Å². The highest BCUT2D eigenvalue weighted by atomic mass is 35.5. The second-order valence-corrected chi connectivity index (χ2v) is 5.89. The van der Waals surface area contributed by atoms with E-state index >= 15 is 0 Å². The third kappa shape index (κ3) is 4.33. The van der Waals surface area contributed by atoms with Crippen molar-refractivity contribution in [2.75, 3.05) is 10.6 Å². The molecule has 3 rings (SSSR count). The number of amides is 1. The lowest BCUT2D eigenvalue weighted by Crippen LogP contribution is -2.05. The molecule has 3 aromatic rings. The van der Waals surface area contributed by atoms with E-state index < -0.39 is 5.82 Å². The fraction of sp³-hybridized carbons (Fsp3) is 0.0526. The van der Waals surface area contributed by atoms with E-state index in [9.17, 15) is 9.18 Å². The monoisotopic (exact) mass is 355 g/mol. The highest BCUT2D eigenvalue weighted by Crippen LogP contribution is 2.27. The Morgan fingerprint density at radius 2 is 1.80 bits per heavy atom. The summed E-state index contributed by atoms with van der Waals surface area (Å²) in [5, 5.41) is 5.95. The Morgan fingerprint density at radius 1 is 1.00 bits per heavy atom. The number of hydrogen-bond acceptors (Lipinski definition) is 3. The third-order valence-corrected chi connectivity index (χ3v) is 3.75. The van der Waals surface area contributed by atoms with Crippen molar-refractivity contribution >= 4 is 34.6 Å². The van der Waals surface area contributed by atoms with Crippen LogP contribution in [0, 0.1) is 5.82 Å². The molecule has 0 radical (unpaired) electrons. The predicted octanol–water partition coefficient (Wildman–Crippen LogP) is 5.24. The van der Waals surface area contributed by atoms with Crippen LogP contribution in [0.2, 0.25) is 5.02 Å². The van der Waals surface area contributed by atoms with Crippen LogP contribution in [0.5, 0.6) is 0 Å². The lowest BCUT2D eigenvalue weighted by Gasteiger charge is -2.10. The van der Waals surface area contributed by atoms with Crippen LogP contribution in [0.25, 0.3) is 11.1 Å². The van der Waals surface area contributed by atoms with Crippen LogP contribution in [-0.2, 0) is 4.79 Å². The van der Waals surface area contributed by atoms with Gasteiger partial charge < -0.3 is 10.6 Å². The summed E-state index contributed by atoms with van der Waals surface area (Å²) in [6.45, 7) is 1.46. The molecule has 0 unspecified atom stereocenters. The topological polar surface area (TPSA) is 54.0 Å². The fourth-order valence-corrected chi connectivity index (χ4v) is 2.57. The number of nitrogens with one attached hydrogen (secondary N) is 2. The van der Waals surface area contributed by atoms with Crippen molar-refractivity contribution in [2.45, 2.75) is 6.92 Å². The van der Waals surface area contributed by atoms with Crippen LogP contribution in [0.1, 0.15) is 6.92 Å². The molecule has 1 heterocycles. The molecular formula is C19H15ClFN3O. The van der Waals surface area contributed by atoms with Gasteiger partial charge in [0.2, 0.25) is 5.91 Å². The first-order chi connectivity index (χ1) is 12.0. The largest absolute Gasteiger partial charge is 0.354 e. The molecule has 0 saturated heterocycles. The molecule has 1 amide bonds. The minimum Gasteiger partial charge on any atom is -0.354 e. The minimum absolute atomic E-state index is 0.0529. The van der Waals surface area contributed by atoms with Crippen molar-refractivity contribution in [3.05, 3.63) is 71.8 Å². The Bertz CT molecular complexity index is 930. The van der Waals surface area contributed by atoms with Crippen molar-refractivity contribution in [3.63, 3.8) is 0 Å². The Labute approximate surface area is 149 Å². The van der Waals surface area contributed by atoms with Gasteiger partial charge in [-0.25, -0.2) is 4.39 Å². The molecule has 1 aromatic heterocycles.